The van der Waals surface area contributed by atoms with Crippen LogP contribution in [0.1, 0.15) is 42.2 Å². The Bertz CT molecular complexity index is 846. The van der Waals surface area contributed by atoms with E-state index >= 15 is 0 Å². The van der Waals surface area contributed by atoms with Gasteiger partial charge >= 0.3 is 5.97 Å². The molecule has 6 heteroatoms. The molecule has 0 N–H and O–H groups in total. The highest BCUT2D eigenvalue weighted by Crippen LogP contribution is 2.31. The average molecular weight is 357 g/mol. The van der Waals surface area contributed by atoms with E-state index in [0.29, 0.717) is 22.8 Å². The fourth-order valence-corrected chi connectivity index (χ4v) is 2.97. The Morgan fingerprint density at radius 2 is 1.84 bits per heavy atom. The van der Waals surface area contributed by atoms with Crippen LogP contribution < -0.4 is 4.74 Å². The van der Waals surface area contributed by atoms with Crippen LogP contribution in [-0.4, -0.2) is 22.6 Å². The van der Waals surface area contributed by atoms with E-state index in [1.807, 2.05) is 19.1 Å². The minimum atomic E-state index is -0.510. The van der Waals surface area contributed by atoms with Crippen molar-refractivity contribution in [2.24, 2.45) is 5.10 Å². The van der Waals surface area contributed by atoms with E-state index in [-0.39, 0.29) is 11.9 Å². The molecule has 1 aliphatic rings. The number of hydrogen-bond donors (Lipinski definition) is 0. The number of halogens is 1. The number of ether oxygens (including phenoxy) is 1. The van der Waals surface area contributed by atoms with Gasteiger partial charge in [-0.25, -0.2) is 9.80 Å². The predicted molar refractivity (Wildman–Crippen MR) is 95.8 cm³/mol. The van der Waals surface area contributed by atoms with E-state index < -0.39 is 5.97 Å². The summed E-state index contributed by atoms with van der Waals surface area (Å²) in [6.45, 7) is 3.39. The Morgan fingerprint density at radius 3 is 2.48 bits per heavy atom. The van der Waals surface area contributed by atoms with E-state index in [1.165, 1.54) is 11.9 Å². The number of amides is 1. The second kappa shape index (κ2) is 7.07. The Balaban J connectivity index is 1.74. The topological polar surface area (TPSA) is 59.0 Å². The summed E-state index contributed by atoms with van der Waals surface area (Å²) in [6.07, 6.45) is 0.693. The zero-order chi connectivity index (χ0) is 18.0. The lowest BCUT2D eigenvalue weighted by molar-refractivity contribution is -0.130. The second-order valence-electron chi connectivity index (χ2n) is 5.86. The molecule has 0 fully saturated rings. The lowest BCUT2D eigenvalue weighted by Crippen LogP contribution is -2.24. The third-order valence-corrected chi connectivity index (χ3v) is 4.28. The van der Waals surface area contributed by atoms with Crippen molar-refractivity contribution in [2.45, 2.75) is 26.3 Å². The summed E-state index contributed by atoms with van der Waals surface area (Å²) in [5.41, 5.74) is 2.17. The smallest absolute Gasteiger partial charge is 0.345 e. The maximum atomic E-state index is 12.2. The molecule has 2 aromatic rings. The molecule has 0 saturated carbocycles. The van der Waals surface area contributed by atoms with Crippen LogP contribution in [0.15, 0.2) is 53.6 Å². The number of hydrogen-bond acceptors (Lipinski definition) is 4. The van der Waals surface area contributed by atoms with Gasteiger partial charge < -0.3 is 4.74 Å². The van der Waals surface area contributed by atoms with E-state index in [1.54, 1.807) is 36.4 Å². The molecular weight excluding hydrogens is 340 g/mol. The SMILES string of the molecule is CC(=O)N1N=C(C)CC1c1ccc(OC(=O)c2ccccc2Cl)cc1. The summed E-state index contributed by atoms with van der Waals surface area (Å²) < 4.78 is 5.36. The summed E-state index contributed by atoms with van der Waals surface area (Å²) in [6, 6.07) is 13.7. The third-order valence-electron chi connectivity index (χ3n) is 3.95. The number of rotatable bonds is 3. The van der Waals surface area contributed by atoms with Crippen molar-refractivity contribution in [1.29, 1.82) is 0 Å². The first-order valence-electron chi connectivity index (χ1n) is 7.86. The Kier molecular flexibility index (Phi) is 4.86. The van der Waals surface area contributed by atoms with Crippen molar-refractivity contribution in [3.8, 4) is 5.75 Å². The number of benzene rings is 2. The van der Waals surface area contributed by atoms with Crippen LogP contribution in [0.2, 0.25) is 5.02 Å². The normalized spacial score (nSPS) is 16.5. The van der Waals surface area contributed by atoms with Gasteiger partial charge in [-0.2, -0.15) is 5.10 Å². The molecule has 128 valence electrons. The van der Waals surface area contributed by atoms with Crippen LogP contribution in [0.4, 0.5) is 0 Å². The van der Waals surface area contributed by atoms with Crippen molar-refractivity contribution >= 4 is 29.2 Å². The van der Waals surface area contributed by atoms with Gasteiger partial charge in [-0.1, -0.05) is 35.9 Å². The fourth-order valence-electron chi connectivity index (χ4n) is 2.76. The number of hydrazone groups is 1. The zero-order valence-electron chi connectivity index (χ0n) is 13.9. The first-order chi connectivity index (χ1) is 12.0. The van der Waals surface area contributed by atoms with Gasteiger partial charge in [-0.3, -0.25) is 4.79 Å². The van der Waals surface area contributed by atoms with Gasteiger partial charge in [0.2, 0.25) is 5.91 Å². The molecule has 3 rings (SSSR count). The highest BCUT2D eigenvalue weighted by atomic mass is 35.5. The minimum absolute atomic E-state index is 0.101. The van der Waals surface area contributed by atoms with Gasteiger partial charge in [0.15, 0.2) is 0 Å². The van der Waals surface area contributed by atoms with Crippen LogP contribution in [0.5, 0.6) is 5.75 Å². The lowest BCUT2D eigenvalue weighted by Gasteiger charge is -2.20. The highest BCUT2D eigenvalue weighted by molar-refractivity contribution is 6.33. The summed E-state index contributed by atoms with van der Waals surface area (Å²) in [7, 11) is 0. The van der Waals surface area contributed by atoms with E-state index in [9.17, 15) is 9.59 Å². The van der Waals surface area contributed by atoms with Gasteiger partial charge in [0.1, 0.15) is 5.75 Å². The van der Waals surface area contributed by atoms with Gasteiger partial charge in [-0.15, -0.1) is 0 Å². The van der Waals surface area contributed by atoms with E-state index in [0.717, 1.165) is 11.3 Å². The predicted octanol–water partition coefficient (Wildman–Crippen LogP) is 4.23. The van der Waals surface area contributed by atoms with Crippen LogP contribution >= 0.6 is 11.6 Å². The summed E-state index contributed by atoms with van der Waals surface area (Å²) in [4.78, 5) is 23.9. The zero-order valence-corrected chi connectivity index (χ0v) is 14.7. The van der Waals surface area contributed by atoms with Gasteiger partial charge in [0.25, 0.3) is 0 Å². The van der Waals surface area contributed by atoms with Gasteiger partial charge in [0.05, 0.1) is 16.6 Å². The summed E-state index contributed by atoms with van der Waals surface area (Å²) in [5.74, 6) is -0.196. The Labute approximate surface area is 150 Å². The summed E-state index contributed by atoms with van der Waals surface area (Å²) >= 11 is 6.00. The number of esters is 1. The van der Waals surface area contributed by atoms with Crippen LogP contribution in [-0.2, 0) is 4.79 Å². The molecule has 1 amide bonds. The van der Waals surface area contributed by atoms with Crippen molar-refractivity contribution in [3.63, 3.8) is 0 Å². The van der Waals surface area contributed by atoms with E-state index in [4.69, 9.17) is 16.3 Å². The van der Waals surface area contributed by atoms with Gasteiger partial charge in [0, 0.05) is 19.1 Å². The van der Waals surface area contributed by atoms with Crippen LogP contribution in [0.25, 0.3) is 0 Å². The molecule has 0 radical (unpaired) electrons. The van der Waals surface area contributed by atoms with E-state index in [2.05, 4.69) is 5.10 Å². The van der Waals surface area contributed by atoms with Crippen molar-refractivity contribution in [1.82, 2.24) is 5.01 Å². The number of nitrogens with zero attached hydrogens (tertiary/aromatic N) is 2. The molecule has 1 aliphatic heterocycles. The Hall–Kier alpha value is -2.66. The molecule has 5 nitrogen and oxygen atoms in total. The largest absolute Gasteiger partial charge is 0.423 e. The maximum Gasteiger partial charge on any atom is 0.345 e. The maximum absolute atomic E-state index is 12.2. The van der Waals surface area contributed by atoms with Gasteiger partial charge in [-0.05, 0) is 36.8 Å². The standard InChI is InChI=1S/C19H17ClN2O3/c1-12-11-18(22(21-12)13(2)23)14-7-9-15(10-8-14)25-19(24)16-5-3-4-6-17(16)20/h3-10,18H,11H2,1-2H3. The first kappa shape index (κ1) is 17.2. The van der Waals surface area contributed by atoms with Crippen LogP contribution in [0.3, 0.4) is 0 Å². The second-order valence-corrected chi connectivity index (χ2v) is 6.26. The lowest BCUT2D eigenvalue weighted by atomic mass is 10.0. The molecule has 0 spiro atoms. The summed E-state index contributed by atoms with van der Waals surface area (Å²) in [5, 5.41) is 6.10. The molecule has 1 unspecified atom stereocenters. The molecule has 2 aromatic carbocycles. The monoisotopic (exact) mass is 356 g/mol. The number of carbonyl (C=O) groups excluding carboxylic acids is 2. The van der Waals surface area contributed by atoms with Crippen molar-refractivity contribution in [3.05, 3.63) is 64.7 Å². The molecule has 0 aromatic heterocycles. The van der Waals surface area contributed by atoms with Crippen molar-refractivity contribution < 1.29 is 14.3 Å². The molecule has 0 aliphatic carbocycles. The molecule has 0 bridgehead atoms. The minimum Gasteiger partial charge on any atom is -0.423 e. The average Bonchev–Trinajstić information content (AvgIpc) is 2.98. The number of carbonyl (C=O) groups is 2. The Morgan fingerprint density at radius 1 is 1.16 bits per heavy atom. The third kappa shape index (κ3) is 3.72. The fraction of sp³-hybridized carbons (Fsp3) is 0.211. The molecule has 0 saturated heterocycles. The van der Waals surface area contributed by atoms with Crippen LogP contribution in [0, 0.1) is 0 Å². The molecule has 25 heavy (non-hydrogen) atoms. The van der Waals surface area contributed by atoms with Crippen molar-refractivity contribution in [2.75, 3.05) is 0 Å². The molecule has 1 atom stereocenters. The highest BCUT2D eigenvalue weighted by Gasteiger charge is 2.28. The molecular formula is C19H17ClN2O3. The first-order valence-corrected chi connectivity index (χ1v) is 8.24. The molecule has 1 heterocycles. The quantitative estimate of drug-likeness (QED) is 0.610.